The van der Waals surface area contributed by atoms with Crippen LogP contribution in [0.25, 0.3) is 10.9 Å². The minimum atomic E-state index is -0.993. The number of nitrogens with zero attached hydrogens (tertiary/aromatic N) is 2. The van der Waals surface area contributed by atoms with Crippen LogP contribution in [0.4, 0.5) is 10.5 Å². The van der Waals surface area contributed by atoms with Gasteiger partial charge in [-0.1, -0.05) is 24.3 Å². The highest BCUT2D eigenvalue weighted by Gasteiger charge is 2.45. The molecule has 9 nitrogen and oxygen atoms in total. The van der Waals surface area contributed by atoms with Crippen molar-refractivity contribution in [1.29, 1.82) is 0 Å². The number of benzene rings is 2. The average Bonchev–Trinajstić information content (AvgIpc) is 3.28. The second-order valence-corrected chi connectivity index (χ2v) is 9.13. The molecule has 1 saturated heterocycles. The van der Waals surface area contributed by atoms with Crippen molar-refractivity contribution in [2.75, 3.05) is 18.4 Å². The van der Waals surface area contributed by atoms with Gasteiger partial charge in [0.25, 0.3) is 0 Å². The Hall–Kier alpha value is -3.88. The molecule has 0 aliphatic carbocycles. The largest absolute Gasteiger partial charge is 0.481 e. The Kier molecular flexibility index (Phi) is 5.47. The van der Waals surface area contributed by atoms with E-state index in [4.69, 9.17) is 4.74 Å². The summed E-state index contributed by atoms with van der Waals surface area (Å²) in [6, 6.07) is 11.4. The number of aromatic nitrogens is 2. The van der Waals surface area contributed by atoms with Crippen LogP contribution in [0.5, 0.6) is 0 Å². The molecule has 0 bridgehead atoms. The number of carbonyl (C=O) groups excluding carboxylic acids is 2. The van der Waals surface area contributed by atoms with E-state index in [0.717, 1.165) is 33.3 Å². The standard InChI is InChI=1S/C25H26N4O5/c1-15-10-16(12-18-14-26-28-22(15)18)11-17(23(31)32)13-21(30)29-8-6-25(7-9-29)19-4-2-3-5-20(19)27-24(33)34-25/h2-5,10,12,14,17H,6-9,11,13H2,1H3,(H,26,28)(H,27,33)(H,31,32). The molecule has 2 aliphatic heterocycles. The Bertz CT molecular complexity index is 1280. The second-order valence-electron chi connectivity index (χ2n) is 9.13. The Morgan fingerprint density at radius 2 is 2.00 bits per heavy atom. The third kappa shape index (κ3) is 3.98. The van der Waals surface area contributed by atoms with Crippen molar-refractivity contribution in [3.63, 3.8) is 0 Å². The zero-order valence-electron chi connectivity index (χ0n) is 18.8. The van der Waals surface area contributed by atoms with E-state index >= 15 is 0 Å². The minimum absolute atomic E-state index is 0.0806. The van der Waals surface area contributed by atoms with Crippen LogP contribution >= 0.6 is 0 Å². The van der Waals surface area contributed by atoms with Crippen molar-refractivity contribution < 1.29 is 24.2 Å². The highest BCUT2D eigenvalue weighted by atomic mass is 16.6. The number of H-pyrrole nitrogens is 1. The van der Waals surface area contributed by atoms with E-state index in [0.29, 0.717) is 25.9 Å². The number of fused-ring (bicyclic) bond motifs is 3. The van der Waals surface area contributed by atoms with Gasteiger partial charge in [-0.2, -0.15) is 5.10 Å². The number of amides is 2. The van der Waals surface area contributed by atoms with Gasteiger partial charge in [-0.25, -0.2) is 4.79 Å². The first-order valence-electron chi connectivity index (χ1n) is 11.4. The number of para-hydroxylation sites is 1. The number of aliphatic carboxylic acids is 1. The van der Waals surface area contributed by atoms with Crippen molar-refractivity contribution in [2.24, 2.45) is 5.92 Å². The van der Waals surface area contributed by atoms with Crippen molar-refractivity contribution in [2.45, 2.75) is 38.2 Å². The minimum Gasteiger partial charge on any atom is -0.481 e. The van der Waals surface area contributed by atoms with Gasteiger partial charge < -0.3 is 14.7 Å². The van der Waals surface area contributed by atoms with Gasteiger partial charge in [0.2, 0.25) is 5.91 Å². The predicted octanol–water partition coefficient (Wildman–Crippen LogP) is 3.58. The maximum Gasteiger partial charge on any atom is 0.412 e. The van der Waals surface area contributed by atoms with Gasteiger partial charge in [0.15, 0.2) is 0 Å². The van der Waals surface area contributed by atoms with E-state index in [1.807, 2.05) is 43.3 Å². The summed E-state index contributed by atoms with van der Waals surface area (Å²) in [5, 5.41) is 20.4. The highest BCUT2D eigenvalue weighted by Crippen LogP contribution is 2.43. The zero-order chi connectivity index (χ0) is 23.9. The topological polar surface area (TPSA) is 125 Å². The fourth-order valence-corrected chi connectivity index (χ4v) is 5.15. The van der Waals surface area contributed by atoms with E-state index < -0.39 is 23.6 Å². The molecular formula is C25H26N4O5. The number of piperidine rings is 1. The van der Waals surface area contributed by atoms with Crippen molar-refractivity contribution in [3.05, 3.63) is 59.3 Å². The number of hydrogen-bond donors (Lipinski definition) is 3. The monoisotopic (exact) mass is 462 g/mol. The van der Waals surface area contributed by atoms with Crippen LogP contribution < -0.4 is 5.32 Å². The van der Waals surface area contributed by atoms with Gasteiger partial charge in [0, 0.05) is 43.3 Å². The summed E-state index contributed by atoms with van der Waals surface area (Å²) in [6.07, 6.45) is 2.34. The molecule has 2 aromatic carbocycles. The van der Waals surface area contributed by atoms with E-state index in [-0.39, 0.29) is 18.7 Å². The van der Waals surface area contributed by atoms with E-state index in [2.05, 4.69) is 15.5 Å². The maximum atomic E-state index is 13.0. The van der Waals surface area contributed by atoms with Crippen LogP contribution in [0.15, 0.2) is 42.6 Å². The molecule has 2 amide bonds. The Morgan fingerprint density at radius 1 is 1.24 bits per heavy atom. The number of rotatable bonds is 5. The maximum absolute atomic E-state index is 13.0. The SMILES string of the molecule is Cc1cc(CC(CC(=O)N2CCC3(CC2)OC(=O)Nc2ccccc23)C(=O)O)cc2cn[nH]c12. The quantitative estimate of drug-likeness (QED) is 0.532. The van der Waals surface area contributed by atoms with Gasteiger partial charge >= 0.3 is 12.1 Å². The first kappa shape index (κ1) is 21.9. The van der Waals surface area contributed by atoms with E-state index in [9.17, 15) is 19.5 Å². The molecule has 176 valence electrons. The number of nitrogens with one attached hydrogen (secondary N) is 2. The van der Waals surface area contributed by atoms with Crippen molar-refractivity contribution >= 4 is 34.6 Å². The van der Waals surface area contributed by atoms with Crippen LogP contribution in [0, 0.1) is 12.8 Å². The number of hydrogen-bond acceptors (Lipinski definition) is 5. The van der Waals surface area contributed by atoms with Gasteiger partial charge in [-0.15, -0.1) is 0 Å². The fourth-order valence-electron chi connectivity index (χ4n) is 5.15. The Balaban J connectivity index is 1.27. The molecule has 1 atom stereocenters. The normalized spacial score (nSPS) is 17.7. The second kappa shape index (κ2) is 8.48. The average molecular weight is 463 g/mol. The number of carboxylic acid groups (broad SMARTS) is 1. The molecule has 3 aromatic rings. The third-order valence-electron chi connectivity index (χ3n) is 6.92. The van der Waals surface area contributed by atoms with Gasteiger partial charge in [-0.05, 0) is 36.6 Å². The molecule has 3 N–H and O–H groups in total. The predicted molar refractivity (Wildman–Crippen MR) is 124 cm³/mol. The molecule has 3 heterocycles. The Morgan fingerprint density at radius 3 is 2.76 bits per heavy atom. The molecule has 0 radical (unpaired) electrons. The number of likely N-dealkylation sites (tertiary alicyclic amines) is 1. The number of aromatic amines is 1. The molecule has 2 aliphatic rings. The smallest absolute Gasteiger partial charge is 0.412 e. The van der Waals surface area contributed by atoms with Crippen LogP contribution in [-0.2, 0) is 26.3 Å². The summed E-state index contributed by atoms with van der Waals surface area (Å²) < 4.78 is 5.72. The lowest BCUT2D eigenvalue weighted by molar-refractivity contribution is -0.147. The van der Waals surface area contributed by atoms with Crippen LogP contribution in [-0.4, -0.2) is 51.3 Å². The molecule has 1 fully saturated rings. The number of anilines is 1. The van der Waals surface area contributed by atoms with Gasteiger partial charge in [0.1, 0.15) is 5.60 Å². The Labute approximate surface area is 196 Å². The van der Waals surface area contributed by atoms with Crippen LogP contribution in [0.3, 0.4) is 0 Å². The lowest BCUT2D eigenvalue weighted by Crippen LogP contribution is -2.50. The number of carboxylic acids is 1. The van der Waals surface area contributed by atoms with E-state index in [1.54, 1.807) is 11.1 Å². The summed E-state index contributed by atoms with van der Waals surface area (Å²) in [4.78, 5) is 38.8. The van der Waals surface area contributed by atoms with E-state index in [1.165, 1.54) is 0 Å². The fraction of sp³-hybridized carbons (Fsp3) is 0.360. The molecule has 9 heteroatoms. The van der Waals surface area contributed by atoms with Gasteiger partial charge in [-0.3, -0.25) is 20.0 Å². The number of ether oxygens (including phenoxy) is 1. The first-order valence-corrected chi connectivity index (χ1v) is 11.4. The molecular weight excluding hydrogens is 436 g/mol. The first-order chi connectivity index (χ1) is 16.3. The molecule has 1 spiro atoms. The molecule has 1 aromatic heterocycles. The molecule has 5 rings (SSSR count). The summed E-state index contributed by atoms with van der Waals surface area (Å²) in [6.45, 7) is 2.74. The summed E-state index contributed by atoms with van der Waals surface area (Å²) in [5.74, 6) is -2.02. The van der Waals surface area contributed by atoms with Gasteiger partial charge in [0.05, 0.1) is 23.3 Å². The third-order valence-corrected chi connectivity index (χ3v) is 6.92. The summed E-state index contributed by atoms with van der Waals surface area (Å²) in [5.41, 5.74) is 3.65. The lowest BCUT2D eigenvalue weighted by Gasteiger charge is -2.44. The van der Waals surface area contributed by atoms with Crippen molar-refractivity contribution in [3.8, 4) is 0 Å². The van der Waals surface area contributed by atoms with Crippen molar-refractivity contribution in [1.82, 2.24) is 15.1 Å². The van der Waals surface area contributed by atoms with Crippen LogP contribution in [0.2, 0.25) is 0 Å². The van der Waals surface area contributed by atoms with Crippen LogP contribution in [0.1, 0.15) is 36.0 Å². The highest BCUT2D eigenvalue weighted by molar-refractivity contribution is 5.89. The lowest BCUT2D eigenvalue weighted by atomic mass is 9.82. The number of carbonyl (C=O) groups is 3. The zero-order valence-corrected chi connectivity index (χ0v) is 18.8. The summed E-state index contributed by atoms with van der Waals surface area (Å²) >= 11 is 0. The number of aryl methyl sites for hydroxylation is 1. The molecule has 0 saturated carbocycles. The molecule has 1 unspecified atom stereocenters. The summed E-state index contributed by atoms with van der Waals surface area (Å²) in [7, 11) is 0. The molecule has 34 heavy (non-hydrogen) atoms.